The van der Waals surface area contributed by atoms with Crippen LogP contribution in [0, 0.1) is 6.92 Å². The van der Waals surface area contributed by atoms with Gasteiger partial charge in [0.15, 0.2) is 6.20 Å². The van der Waals surface area contributed by atoms with E-state index in [4.69, 9.17) is 0 Å². The van der Waals surface area contributed by atoms with Crippen molar-refractivity contribution in [1.82, 2.24) is 0 Å². The molecule has 1 heteroatoms. The minimum absolute atomic E-state index is 0.185. The largest absolute Gasteiger partial charge is 0.212 e. The lowest BCUT2D eigenvalue weighted by atomic mass is 9.84. The summed E-state index contributed by atoms with van der Waals surface area (Å²) in [5.74, 6) is 0.775. The summed E-state index contributed by atoms with van der Waals surface area (Å²) in [6.07, 6.45) is 7.86. The normalized spacial score (nSPS) is 16.0. The Morgan fingerprint density at radius 3 is 2.30 bits per heavy atom. The molecule has 0 amide bonds. The Labute approximate surface area is 141 Å². The zero-order chi connectivity index (χ0) is 16.6. The summed E-state index contributed by atoms with van der Waals surface area (Å²) >= 11 is 0. The van der Waals surface area contributed by atoms with Crippen molar-refractivity contribution in [2.75, 3.05) is 0 Å². The van der Waals surface area contributed by atoms with Crippen molar-refractivity contribution in [3.05, 3.63) is 53.2 Å². The van der Waals surface area contributed by atoms with Gasteiger partial charge in [0.2, 0.25) is 5.69 Å². The predicted molar refractivity (Wildman–Crippen MR) is 97.7 cm³/mol. The van der Waals surface area contributed by atoms with Gasteiger partial charge in [-0.3, -0.25) is 0 Å². The van der Waals surface area contributed by atoms with E-state index in [1.54, 1.807) is 0 Å². The Hall–Kier alpha value is -1.63. The third-order valence-corrected chi connectivity index (χ3v) is 5.36. The third kappa shape index (κ3) is 3.34. The highest BCUT2D eigenvalue weighted by molar-refractivity contribution is 5.62. The Morgan fingerprint density at radius 1 is 1.00 bits per heavy atom. The standard InChI is InChI=1S/C22H30N/c1-16-10-12-19(22(2,3)4)14-20(16)21-13-11-18(15-23(21)5)17-8-6-7-9-17/h10-15,17H,6-9H2,1-5H3/q+1. The lowest BCUT2D eigenvalue weighted by Gasteiger charge is -2.20. The van der Waals surface area contributed by atoms with Crippen LogP contribution in [-0.4, -0.2) is 0 Å². The van der Waals surface area contributed by atoms with E-state index >= 15 is 0 Å². The molecule has 3 rings (SSSR count). The van der Waals surface area contributed by atoms with Crippen molar-refractivity contribution in [2.45, 2.75) is 64.7 Å². The van der Waals surface area contributed by atoms with E-state index < -0.39 is 0 Å². The SMILES string of the molecule is Cc1ccc(C(C)(C)C)cc1-c1ccc(C2CCCC2)c[n+]1C. The van der Waals surface area contributed by atoms with Gasteiger partial charge in [-0.05, 0) is 54.4 Å². The Bertz CT molecular complexity index is 700. The molecular formula is C22H30N+. The van der Waals surface area contributed by atoms with Gasteiger partial charge < -0.3 is 0 Å². The molecule has 0 spiro atoms. The minimum atomic E-state index is 0.185. The third-order valence-electron chi connectivity index (χ3n) is 5.36. The van der Waals surface area contributed by atoms with Crippen LogP contribution in [0.3, 0.4) is 0 Å². The fourth-order valence-electron chi connectivity index (χ4n) is 3.77. The fourth-order valence-corrected chi connectivity index (χ4v) is 3.77. The number of rotatable bonds is 2. The number of aromatic nitrogens is 1. The monoisotopic (exact) mass is 308 g/mol. The molecule has 1 fully saturated rings. The van der Waals surface area contributed by atoms with Gasteiger partial charge in [-0.25, -0.2) is 4.57 Å². The van der Waals surface area contributed by atoms with Crippen LogP contribution >= 0.6 is 0 Å². The van der Waals surface area contributed by atoms with Crippen LogP contribution in [0.2, 0.25) is 0 Å². The molecule has 0 aliphatic heterocycles. The second kappa shape index (κ2) is 6.11. The molecule has 0 radical (unpaired) electrons. The molecule has 1 saturated carbocycles. The summed E-state index contributed by atoms with van der Waals surface area (Å²) in [6.45, 7) is 9.06. The molecule has 2 aromatic rings. The van der Waals surface area contributed by atoms with Gasteiger partial charge in [0, 0.05) is 17.2 Å². The van der Waals surface area contributed by atoms with E-state index in [1.165, 1.54) is 53.6 Å². The van der Waals surface area contributed by atoms with Gasteiger partial charge in [0.25, 0.3) is 0 Å². The van der Waals surface area contributed by atoms with Gasteiger partial charge in [0.05, 0.1) is 0 Å². The Morgan fingerprint density at radius 2 is 1.70 bits per heavy atom. The first-order valence-electron chi connectivity index (χ1n) is 8.97. The molecule has 23 heavy (non-hydrogen) atoms. The van der Waals surface area contributed by atoms with Crippen LogP contribution in [0.4, 0.5) is 0 Å². The second-order valence-electron chi connectivity index (χ2n) is 8.22. The topological polar surface area (TPSA) is 3.88 Å². The zero-order valence-corrected chi connectivity index (χ0v) is 15.3. The van der Waals surface area contributed by atoms with E-state index in [2.05, 4.69) is 75.8 Å². The maximum atomic E-state index is 2.37. The highest BCUT2D eigenvalue weighted by Gasteiger charge is 2.22. The highest BCUT2D eigenvalue weighted by Crippen LogP contribution is 2.34. The maximum absolute atomic E-state index is 2.37. The van der Waals surface area contributed by atoms with Crippen molar-refractivity contribution in [2.24, 2.45) is 7.05 Å². The predicted octanol–water partition coefficient (Wildman–Crippen LogP) is 5.44. The molecule has 1 heterocycles. The van der Waals surface area contributed by atoms with Crippen LogP contribution in [0.15, 0.2) is 36.5 Å². The Balaban J connectivity index is 2.01. The quantitative estimate of drug-likeness (QED) is 0.650. The molecule has 122 valence electrons. The van der Waals surface area contributed by atoms with Crippen molar-refractivity contribution >= 4 is 0 Å². The number of benzene rings is 1. The van der Waals surface area contributed by atoms with Gasteiger partial charge >= 0.3 is 0 Å². The van der Waals surface area contributed by atoms with Crippen molar-refractivity contribution in [3.8, 4) is 11.3 Å². The van der Waals surface area contributed by atoms with E-state index in [0.29, 0.717) is 0 Å². The molecule has 1 aromatic carbocycles. The Kier molecular flexibility index (Phi) is 4.31. The van der Waals surface area contributed by atoms with Crippen LogP contribution in [0.5, 0.6) is 0 Å². The van der Waals surface area contributed by atoms with Gasteiger partial charge in [-0.2, -0.15) is 0 Å². The number of nitrogens with zero attached hydrogens (tertiary/aromatic N) is 1. The maximum Gasteiger partial charge on any atom is 0.212 e. The summed E-state index contributed by atoms with van der Waals surface area (Å²) in [5, 5.41) is 0. The lowest BCUT2D eigenvalue weighted by molar-refractivity contribution is -0.660. The van der Waals surface area contributed by atoms with E-state index in [1.807, 2.05) is 0 Å². The molecule has 0 saturated heterocycles. The smallest absolute Gasteiger partial charge is 0.201 e. The molecule has 1 aliphatic rings. The average molecular weight is 308 g/mol. The zero-order valence-electron chi connectivity index (χ0n) is 15.3. The number of pyridine rings is 1. The van der Waals surface area contributed by atoms with Crippen LogP contribution < -0.4 is 4.57 Å². The second-order valence-corrected chi connectivity index (χ2v) is 8.22. The summed E-state index contributed by atoms with van der Waals surface area (Å²) in [5.41, 5.74) is 7.12. The molecule has 0 N–H and O–H groups in total. The summed E-state index contributed by atoms with van der Waals surface area (Å²) < 4.78 is 2.32. The first kappa shape index (κ1) is 16.2. The fraction of sp³-hybridized carbons (Fsp3) is 0.500. The van der Waals surface area contributed by atoms with Crippen molar-refractivity contribution in [1.29, 1.82) is 0 Å². The van der Waals surface area contributed by atoms with Crippen LogP contribution in [0.1, 0.15) is 69.1 Å². The van der Waals surface area contributed by atoms with Crippen molar-refractivity contribution < 1.29 is 4.57 Å². The van der Waals surface area contributed by atoms with E-state index in [9.17, 15) is 0 Å². The first-order chi connectivity index (χ1) is 10.9. The summed E-state index contributed by atoms with van der Waals surface area (Å²) in [7, 11) is 2.19. The van der Waals surface area contributed by atoms with Crippen LogP contribution in [0.25, 0.3) is 11.3 Å². The molecule has 1 aliphatic carbocycles. The van der Waals surface area contributed by atoms with Crippen molar-refractivity contribution in [3.63, 3.8) is 0 Å². The van der Waals surface area contributed by atoms with Gasteiger partial charge in [-0.15, -0.1) is 0 Å². The molecular weight excluding hydrogens is 278 g/mol. The molecule has 0 atom stereocenters. The molecule has 0 unspecified atom stereocenters. The summed E-state index contributed by atoms with van der Waals surface area (Å²) in [6, 6.07) is 11.6. The minimum Gasteiger partial charge on any atom is -0.201 e. The number of hydrogen-bond donors (Lipinski definition) is 0. The molecule has 1 nitrogen and oxygen atoms in total. The number of hydrogen-bond acceptors (Lipinski definition) is 0. The molecule has 1 aromatic heterocycles. The van der Waals surface area contributed by atoms with Gasteiger partial charge in [-0.1, -0.05) is 45.7 Å². The average Bonchev–Trinajstić information content (AvgIpc) is 3.01. The van der Waals surface area contributed by atoms with Gasteiger partial charge in [0.1, 0.15) is 7.05 Å². The first-order valence-corrected chi connectivity index (χ1v) is 8.97. The van der Waals surface area contributed by atoms with Crippen LogP contribution in [-0.2, 0) is 12.5 Å². The lowest BCUT2D eigenvalue weighted by Crippen LogP contribution is -2.31. The molecule has 0 bridgehead atoms. The highest BCUT2D eigenvalue weighted by atomic mass is 14.9. The van der Waals surface area contributed by atoms with E-state index in [0.717, 1.165) is 5.92 Å². The van der Waals surface area contributed by atoms with E-state index in [-0.39, 0.29) is 5.41 Å². The summed E-state index contributed by atoms with van der Waals surface area (Å²) in [4.78, 5) is 0. The number of aryl methyl sites for hydroxylation is 2.